The van der Waals surface area contributed by atoms with Crippen molar-refractivity contribution in [2.75, 3.05) is 5.32 Å². The maximum Gasteiger partial charge on any atom is 0.224 e. The van der Waals surface area contributed by atoms with Gasteiger partial charge in [0.2, 0.25) is 5.91 Å². The van der Waals surface area contributed by atoms with Crippen molar-refractivity contribution in [2.45, 2.75) is 60.8 Å². The number of hydrogen-bond donors (Lipinski definition) is 1. The lowest BCUT2D eigenvalue weighted by Gasteiger charge is -2.09. The van der Waals surface area contributed by atoms with Crippen LogP contribution in [0, 0.1) is 6.92 Å². The van der Waals surface area contributed by atoms with Crippen LogP contribution in [0.2, 0.25) is 0 Å². The van der Waals surface area contributed by atoms with Gasteiger partial charge in [-0.1, -0.05) is 80.0 Å². The number of carbonyl (C=O) groups is 1. The molecule has 0 bridgehead atoms. The molecule has 0 unspecified atom stereocenters. The summed E-state index contributed by atoms with van der Waals surface area (Å²) in [6.45, 7) is 12.2. The third-order valence-electron chi connectivity index (χ3n) is 3.73. The zero-order valence-corrected chi connectivity index (χ0v) is 19.2. The van der Waals surface area contributed by atoms with Crippen molar-refractivity contribution in [2.24, 2.45) is 0 Å². The van der Waals surface area contributed by atoms with Crippen molar-refractivity contribution in [3.05, 3.63) is 69.7 Å². The van der Waals surface area contributed by atoms with E-state index >= 15 is 0 Å². The van der Waals surface area contributed by atoms with Gasteiger partial charge in [-0.15, -0.1) is 0 Å². The monoisotopic (exact) mass is 431 g/mol. The van der Waals surface area contributed by atoms with Crippen molar-refractivity contribution in [1.82, 2.24) is 0 Å². The molecule has 148 valence electrons. The van der Waals surface area contributed by atoms with E-state index < -0.39 is 0 Å². The fourth-order valence-corrected chi connectivity index (χ4v) is 2.78. The quantitative estimate of drug-likeness (QED) is 0.513. The number of aryl methyl sites for hydroxylation is 2. The summed E-state index contributed by atoms with van der Waals surface area (Å²) in [4.78, 5) is 11.4. The molecule has 0 aromatic heterocycles. The SMILES string of the molecule is C/C=C\c1ccccc1C.CC.CCCC(=O)Nc1ccc(Br)cc1CC. The Labute approximate surface area is 174 Å². The van der Waals surface area contributed by atoms with E-state index in [0.717, 1.165) is 28.6 Å². The molecular formula is C24H34BrNO. The smallest absolute Gasteiger partial charge is 0.224 e. The van der Waals surface area contributed by atoms with Crippen LogP contribution in [0.4, 0.5) is 5.69 Å². The largest absolute Gasteiger partial charge is 0.326 e. The molecule has 1 N–H and O–H groups in total. The van der Waals surface area contributed by atoms with Crippen LogP contribution in [0.5, 0.6) is 0 Å². The minimum atomic E-state index is 0.0922. The lowest BCUT2D eigenvalue weighted by atomic mass is 10.1. The number of anilines is 1. The highest BCUT2D eigenvalue weighted by Crippen LogP contribution is 2.21. The number of rotatable bonds is 5. The van der Waals surface area contributed by atoms with Crippen LogP contribution in [-0.2, 0) is 11.2 Å². The summed E-state index contributed by atoms with van der Waals surface area (Å²) in [6.07, 6.45) is 6.56. The summed E-state index contributed by atoms with van der Waals surface area (Å²) >= 11 is 3.42. The Balaban J connectivity index is 0.000000488. The van der Waals surface area contributed by atoms with Gasteiger partial charge in [0.15, 0.2) is 0 Å². The number of halogens is 1. The predicted molar refractivity (Wildman–Crippen MR) is 124 cm³/mol. The predicted octanol–water partition coefficient (Wildman–Crippen LogP) is 7.80. The van der Waals surface area contributed by atoms with Gasteiger partial charge in [0, 0.05) is 16.6 Å². The zero-order valence-electron chi connectivity index (χ0n) is 17.6. The highest BCUT2D eigenvalue weighted by Gasteiger charge is 2.05. The summed E-state index contributed by atoms with van der Waals surface area (Å²) < 4.78 is 1.05. The Bertz CT molecular complexity index is 707. The Morgan fingerprint density at radius 3 is 2.33 bits per heavy atom. The number of hydrogen-bond acceptors (Lipinski definition) is 1. The van der Waals surface area contributed by atoms with Gasteiger partial charge < -0.3 is 5.32 Å². The molecule has 2 aromatic rings. The summed E-state index contributed by atoms with van der Waals surface area (Å²) in [5.74, 6) is 0.0922. The van der Waals surface area contributed by atoms with Crippen LogP contribution in [0.15, 0.2) is 53.0 Å². The van der Waals surface area contributed by atoms with Gasteiger partial charge >= 0.3 is 0 Å². The van der Waals surface area contributed by atoms with Gasteiger partial charge in [0.1, 0.15) is 0 Å². The number of benzene rings is 2. The van der Waals surface area contributed by atoms with Crippen molar-refractivity contribution in [1.29, 1.82) is 0 Å². The second-order valence-corrected chi connectivity index (χ2v) is 6.73. The van der Waals surface area contributed by atoms with Crippen LogP contribution < -0.4 is 5.32 Å². The van der Waals surface area contributed by atoms with E-state index in [2.05, 4.69) is 71.5 Å². The normalized spacial score (nSPS) is 9.74. The molecule has 0 fully saturated rings. The molecule has 2 nitrogen and oxygen atoms in total. The third kappa shape index (κ3) is 10.1. The van der Waals surface area contributed by atoms with Crippen LogP contribution in [0.25, 0.3) is 6.08 Å². The van der Waals surface area contributed by atoms with Crippen LogP contribution in [0.3, 0.4) is 0 Å². The maximum atomic E-state index is 11.4. The molecule has 27 heavy (non-hydrogen) atoms. The van der Waals surface area contributed by atoms with Crippen LogP contribution in [-0.4, -0.2) is 5.91 Å². The Morgan fingerprint density at radius 1 is 1.11 bits per heavy atom. The molecule has 0 saturated heterocycles. The first-order chi connectivity index (χ1) is 13.0. The van der Waals surface area contributed by atoms with Crippen molar-refractivity contribution < 1.29 is 4.79 Å². The second kappa shape index (κ2) is 15.2. The van der Waals surface area contributed by atoms with Gasteiger partial charge in [0.25, 0.3) is 0 Å². The molecule has 0 atom stereocenters. The van der Waals surface area contributed by atoms with Gasteiger partial charge in [-0.25, -0.2) is 0 Å². The highest BCUT2D eigenvalue weighted by molar-refractivity contribution is 9.10. The first-order valence-electron chi connectivity index (χ1n) is 9.78. The van der Waals surface area contributed by atoms with Crippen molar-refractivity contribution >= 4 is 33.6 Å². The molecule has 0 aliphatic heterocycles. The molecule has 3 heteroatoms. The molecule has 1 amide bonds. The molecule has 0 saturated carbocycles. The lowest BCUT2D eigenvalue weighted by molar-refractivity contribution is -0.116. The molecule has 2 aromatic carbocycles. The van der Waals surface area contributed by atoms with Gasteiger partial charge in [0.05, 0.1) is 0 Å². The number of nitrogens with one attached hydrogen (secondary N) is 1. The zero-order chi connectivity index (χ0) is 20.7. The highest BCUT2D eigenvalue weighted by atomic mass is 79.9. The van der Waals surface area contributed by atoms with Gasteiger partial charge in [-0.05, 0) is 61.6 Å². The van der Waals surface area contributed by atoms with E-state index in [1.54, 1.807) is 0 Å². The Kier molecular flexibility index (Phi) is 14.2. The topological polar surface area (TPSA) is 29.1 Å². The summed E-state index contributed by atoms with van der Waals surface area (Å²) in [7, 11) is 0. The minimum absolute atomic E-state index is 0.0922. The van der Waals surface area contributed by atoms with E-state index in [1.165, 1.54) is 11.1 Å². The minimum Gasteiger partial charge on any atom is -0.326 e. The second-order valence-electron chi connectivity index (χ2n) is 5.81. The number of allylic oxidation sites excluding steroid dienone is 1. The molecule has 2 rings (SSSR count). The number of amides is 1. The first kappa shape index (κ1) is 25.1. The molecule has 0 radical (unpaired) electrons. The number of carbonyl (C=O) groups excluding carboxylic acids is 1. The lowest BCUT2D eigenvalue weighted by Crippen LogP contribution is -2.12. The molecular weight excluding hydrogens is 398 g/mol. The van der Waals surface area contributed by atoms with Crippen LogP contribution in [0.1, 0.15) is 64.2 Å². The van der Waals surface area contributed by atoms with E-state index in [4.69, 9.17) is 0 Å². The van der Waals surface area contributed by atoms with Gasteiger partial charge in [-0.2, -0.15) is 0 Å². The summed E-state index contributed by atoms with van der Waals surface area (Å²) in [5.41, 5.74) is 4.73. The average Bonchev–Trinajstić information content (AvgIpc) is 2.67. The molecule has 0 heterocycles. The summed E-state index contributed by atoms with van der Waals surface area (Å²) in [6, 6.07) is 14.3. The molecule has 0 spiro atoms. The maximum absolute atomic E-state index is 11.4. The first-order valence-corrected chi connectivity index (χ1v) is 10.6. The standard InChI is InChI=1S/C12H16BrNO.C10H12.C2H6/c1-3-5-12(15)14-11-7-6-10(13)8-9(11)4-2;1-3-6-10-8-5-4-7-9(10)2;1-2/h6-8H,3-5H2,1-2H3,(H,14,15);3-8H,1-2H3;1-2H3/b;6-3-;. The van der Waals surface area contributed by atoms with E-state index in [0.29, 0.717) is 6.42 Å². The van der Waals surface area contributed by atoms with Gasteiger partial charge in [-0.3, -0.25) is 4.79 Å². The fourth-order valence-electron chi connectivity index (χ4n) is 2.37. The fraction of sp³-hybridized carbons (Fsp3) is 0.375. The Hall–Kier alpha value is -1.87. The van der Waals surface area contributed by atoms with Crippen LogP contribution >= 0.6 is 15.9 Å². The Morgan fingerprint density at radius 2 is 1.78 bits per heavy atom. The van der Waals surface area contributed by atoms with Crippen molar-refractivity contribution in [3.63, 3.8) is 0 Å². The molecule has 0 aliphatic rings. The average molecular weight is 432 g/mol. The van der Waals surface area contributed by atoms with E-state index in [9.17, 15) is 4.79 Å². The van der Waals surface area contributed by atoms with E-state index in [1.807, 2.05) is 45.9 Å². The summed E-state index contributed by atoms with van der Waals surface area (Å²) in [5, 5.41) is 2.93. The van der Waals surface area contributed by atoms with Crippen molar-refractivity contribution in [3.8, 4) is 0 Å². The molecule has 0 aliphatic carbocycles. The van der Waals surface area contributed by atoms with E-state index in [-0.39, 0.29) is 5.91 Å². The third-order valence-corrected chi connectivity index (χ3v) is 4.23.